The Kier molecular flexibility index (Phi) is 6.11. The quantitative estimate of drug-likeness (QED) is 0.715. The first-order valence-corrected chi connectivity index (χ1v) is 9.71. The highest BCUT2D eigenvalue weighted by molar-refractivity contribution is 5.94. The van der Waals surface area contributed by atoms with Crippen molar-refractivity contribution in [3.63, 3.8) is 0 Å². The maximum Gasteiger partial charge on any atom is 0.314 e. The molecule has 0 spiro atoms. The van der Waals surface area contributed by atoms with Crippen LogP contribution < -0.4 is 0 Å². The van der Waals surface area contributed by atoms with Gasteiger partial charge in [0.1, 0.15) is 5.82 Å². The molecule has 0 saturated carbocycles. The number of hydrogen-bond acceptors (Lipinski definition) is 4. The molecule has 1 atom stereocenters. The molecule has 2 heterocycles. The average molecular weight is 387 g/mol. The standard InChI is InChI=1S/C21H26FN3O3/c1-3-25-14-17(13-23-25)19(26)24-11-7-10-21(15-24,20(27)28-4-2)12-16-8-5-6-9-18(16)22/h5-6,8-9,13-14H,3-4,7,10-12,15H2,1-2H3. The minimum Gasteiger partial charge on any atom is -0.466 e. The van der Waals surface area contributed by atoms with Gasteiger partial charge in [0.25, 0.3) is 5.91 Å². The highest BCUT2D eigenvalue weighted by Crippen LogP contribution is 2.36. The van der Waals surface area contributed by atoms with Gasteiger partial charge in [0.2, 0.25) is 0 Å². The molecule has 1 unspecified atom stereocenters. The van der Waals surface area contributed by atoms with Gasteiger partial charge in [0.05, 0.1) is 23.8 Å². The molecular weight excluding hydrogens is 361 g/mol. The third kappa shape index (κ3) is 4.08. The predicted molar refractivity (Wildman–Crippen MR) is 102 cm³/mol. The van der Waals surface area contributed by atoms with Crippen LogP contribution in [0.1, 0.15) is 42.6 Å². The lowest BCUT2D eigenvalue weighted by Gasteiger charge is -2.41. The lowest BCUT2D eigenvalue weighted by atomic mass is 9.74. The highest BCUT2D eigenvalue weighted by Gasteiger charge is 2.45. The van der Waals surface area contributed by atoms with Gasteiger partial charge >= 0.3 is 5.97 Å². The Hall–Kier alpha value is -2.70. The molecule has 1 amide bonds. The molecule has 0 aliphatic carbocycles. The number of halogens is 1. The van der Waals surface area contributed by atoms with Crippen LogP contribution in [0.4, 0.5) is 4.39 Å². The van der Waals surface area contributed by atoms with Gasteiger partial charge < -0.3 is 9.64 Å². The summed E-state index contributed by atoms with van der Waals surface area (Å²) in [5.41, 5.74) is 0.00316. The summed E-state index contributed by atoms with van der Waals surface area (Å²) in [6, 6.07) is 6.45. The Balaban J connectivity index is 1.87. The molecule has 1 fully saturated rings. The summed E-state index contributed by atoms with van der Waals surface area (Å²) in [7, 11) is 0. The third-order valence-corrected chi connectivity index (χ3v) is 5.26. The Morgan fingerprint density at radius 3 is 2.75 bits per heavy atom. The minimum absolute atomic E-state index is 0.165. The molecule has 1 aliphatic heterocycles. The van der Waals surface area contributed by atoms with Crippen molar-refractivity contribution in [2.75, 3.05) is 19.7 Å². The van der Waals surface area contributed by atoms with Crippen LogP contribution in [0.3, 0.4) is 0 Å². The highest BCUT2D eigenvalue weighted by atomic mass is 19.1. The second-order valence-corrected chi connectivity index (χ2v) is 7.18. The van der Waals surface area contributed by atoms with E-state index in [2.05, 4.69) is 5.10 Å². The number of esters is 1. The molecule has 3 rings (SSSR count). The van der Waals surface area contributed by atoms with Gasteiger partial charge in [-0.25, -0.2) is 4.39 Å². The van der Waals surface area contributed by atoms with Crippen LogP contribution in [0.2, 0.25) is 0 Å². The maximum absolute atomic E-state index is 14.3. The summed E-state index contributed by atoms with van der Waals surface area (Å²) >= 11 is 0. The molecule has 1 aromatic heterocycles. The molecule has 1 aromatic carbocycles. The molecule has 2 aromatic rings. The maximum atomic E-state index is 14.3. The number of carbonyl (C=O) groups excluding carboxylic acids is 2. The van der Waals surface area contributed by atoms with Gasteiger partial charge in [-0.1, -0.05) is 18.2 Å². The molecule has 0 bridgehead atoms. The van der Waals surface area contributed by atoms with Crippen molar-refractivity contribution in [3.05, 3.63) is 53.6 Å². The van der Waals surface area contributed by atoms with Crippen LogP contribution in [0, 0.1) is 11.2 Å². The minimum atomic E-state index is -0.952. The number of hydrogen-bond donors (Lipinski definition) is 0. The molecule has 0 N–H and O–H groups in total. The number of nitrogens with zero attached hydrogens (tertiary/aromatic N) is 3. The number of amides is 1. The summed E-state index contributed by atoms with van der Waals surface area (Å²) < 4.78 is 21.3. The first kappa shape index (κ1) is 20.0. The van der Waals surface area contributed by atoms with Crippen molar-refractivity contribution in [3.8, 4) is 0 Å². The van der Waals surface area contributed by atoms with E-state index in [0.717, 1.165) is 0 Å². The zero-order chi connectivity index (χ0) is 20.1. The average Bonchev–Trinajstić information content (AvgIpc) is 3.19. The van der Waals surface area contributed by atoms with E-state index in [0.29, 0.717) is 37.1 Å². The van der Waals surface area contributed by atoms with E-state index >= 15 is 0 Å². The molecule has 28 heavy (non-hydrogen) atoms. The van der Waals surface area contributed by atoms with E-state index < -0.39 is 5.41 Å². The topological polar surface area (TPSA) is 64.4 Å². The fourth-order valence-corrected chi connectivity index (χ4v) is 3.81. The van der Waals surface area contributed by atoms with E-state index in [4.69, 9.17) is 4.74 Å². The molecule has 6 nitrogen and oxygen atoms in total. The lowest BCUT2D eigenvalue weighted by molar-refractivity contribution is -0.158. The van der Waals surface area contributed by atoms with Crippen LogP contribution in [-0.4, -0.2) is 46.3 Å². The Bertz CT molecular complexity index is 851. The van der Waals surface area contributed by atoms with Gasteiger partial charge in [-0.15, -0.1) is 0 Å². The monoisotopic (exact) mass is 387 g/mol. The van der Waals surface area contributed by atoms with Crippen molar-refractivity contribution < 1.29 is 18.7 Å². The van der Waals surface area contributed by atoms with E-state index in [1.165, 1.54) is 6.07 Å². The van der Waals surface area contributed by atoms with Crippen molar-refractivity contribution in [2.45, 2.75) is 39.7 Å². The first-order valence-electron chi connectivity index (χ1n) is 9.71. The summed E-state index contributed by atoms with van der Waals surface area (Å²) in [6.45, 7) is 5.37. The van der Waals surface area contributed by atoms with Crippen molar-refractivity contribution in [2.24, 2.45) is 5.41 Å². The fraction of sp³-hybridized carbons (Fsp3) is 0.476. The molecule has 1 aliphatic rings. The van der Waals surface area contributed by atoms with Crippen LogP contribution in [0.5, 0.6) is 0 Å². The molecule has 0 radical (unpaired) electrons. The fourth-order valence-electron chi connectivity index (χ4n) is 3.81. The van der Waals surface area contributed by atoms with E-state index in [-0.39, 0.29) is 37.3 Å². The smallest absolute Gasteiger partial charge is 0.314 e. The predicted octanol–water partition coefficient (Wildman–Crippen LogP) is 3.07. The largest absolute Gasteiger partial charge is 0.466 e. The lowest BCUT2D eigenvalue weighted by Crippen LogP contribution is -2.51. The normalized spacial score (nSPS) is 19.5. The Morgan fingerprint density at radius 1 is 1.29 bits per heavy atom. The van der Waals surface area contributed by atoms with Crippen LogP contribution in [-0.2, 0) is 22.5 Å². The van der Waals surface area contributed by atoms with E-state index in [9.17, 15) is 14.0 Å². The van der Waals surface area contributed by atoms with E-state index in [1.54, 1.807) is 47.1 Å². The number of aryl methyl sites for hydroxylation is 1. The van der Waals surface area contributed by atoms with Gasteiger partial charge in [-0.2, -0.15) is 5.10 Å². The third-order valence-electron chi connectivity index (χ3n) is 5.26. The zero-order valence-electron chi connectivity index (χ0n) is 16.4. The number of aromatic nitrogens is 2. The van der Waals surface area contributed by atoms with Crippen LogP contribution >= 0.6 is 0 Å². The molecular formula is C21H26FN3O3. The van der Waals surface area contributed by atoms with Gasteiger partial charge in [0, 0.05) is 25.8 Å². The summed E-state index contributed by atoms with van der Waals surface area (Å²) in [5, 5.41) is 4.16. The van der Waals surface area contributed by atoms with Crippen LogP contribution in [0.15, 0.2) is 36.7 Å². The van der Waals surface area contributed by atoms with Crippen LogP contribution in [0.25, 0.3) is 0 Å². The molecule has 150 valence electrons. The number of benzene rings is 1. The van der Waals surface area contributed by atoms with Gasteiger partial charge in [-0.3, -0.25) is 14.3 Å². The van der Waals surface area contributed by atoms with Crippen molar-refractivity contribution in [1.29, 1.82) is 0 Å². The number of likely N-dealkylation sites (tertiary alicyclic amines) is 1. The zero-order valence-corrected chi connectivity index (χ0v) is 16.4. The van der Waals surface area contributed by atoms with Crippen molar-refractivity contribution >= 4 is 11.9 Å². The number of carbonyl (C=O) groups is 2. The summed E-state index contributed by atoms with van der Waals surface area (Å²) in [4.78, 5) is 27.5. The van der Waals surface area contributed by atoms with Gasteiger partial charge in [0.15, 0.2) is 0 Å². The van der Waals surface area contributed by atoms with Crippen molar-refractivity contribution in [1.82, 2.24) is 14.7 Å². The molecule has 7 heteroatoms. The Labute approximate surface area is 164 Å². The molecule has 1 saturated heterocycles. The summed E-state index contributed by atoms with van der Waals surface area (Å²) in [6.07, 6.45) is 4.67. The SMILES string of the molecule is CCOC(=O)C1(Cc2ccccc2F)CCCN(C(=O)c2cnn(CC)c2)C1. The number of rotatable bonds is 6. The van der Waals surface area contributed by atoms with E-state index in [1.807, 2.05) is 6.92 Å². The second kappa shape index (κ2) is 8.54. The van der Waals surface area contributed by atoms with Gasteiger partial charge in [-0.05, 0) is 44.7 Å². The number of ether oxygens (including phenoxy) is 1. The second-order valence-electron chi connectivity index (χ2n) is 7.18. The number of piperidine rings is 1. The summed E-state index contributed by atoms with van der Waals surface area (Å²) in [5.74, 6) is -0.888. The Morgan fingerprint density at radius 2 is 2.07 bits per heavy atom. The first-order chi connectivity index (χ1) is 13.5.